The summed E-state index contributed by atoms with van der Waals surface area (Å²) in [5.74, 6) is -0.173. The Morgan fingerprint density at radius 3 is 2.13 bits per heavy atom. The first-order valence-corrected chi connectivity index (χ1v) is 5.68. The van der Waals surface area contributed by atoms with Crippen LogP contribution in [0.4, 0.5) is 4.39 Å². The van der Waals surface area contributed by atoms with Gasteiger partial charge in [0.15, 0.2) is 0 Å². The summed E-state index contributed by atoms with van der Waals surface area (Å²) < 4.78 is 12.7. The van der Waals surface area contributed by atoms with E-state index in [9.17, 15) is 4.39 Å². The van der Waals surface area contributed by atoms with Crippen molar-refractivity contribution >= 4 is 0 Å². The molecule has 0 aliphatic carbocycles. The molecular weight excluding hydrogens is 189 g/mol. The Morgan fingerprint density at radius 2 is 1.67 bits per heavy atom. The highest BCUT2D eigenvalue weighted by molar-refractivity contribution is 5.19. The van der Waals surface area contributed by atoms with Crippen molar-refractivity contribution in [1.82, 2.24) is 5.32 Å². The van der Waals surface area contributed by atoms with Crippen molar-refractivity contribution in [2.24, 2.45) is 0 Å². The molecule has 0 aromatic heterocycles. The Kier molecular flexibility index (Phi) is 4.76. The van der Waals surface area contributed by atoms with Gasteiger partial charge in [0.05, 0.1) is 0 Å². The van der Waals surface area contributed by atoms with Crippen LogP contribution in [0.2, 0.25) is 0 Å². The zero-order valence-electron chi connectivity index (χ0n) is 9.76. The number of benzene rings is 1. The van der Waals surface area contributed by atoms with E-state index in [2.05, 4.69) is 26.1 Å². The van der Waals surface area contributed by atoms with Gasteiger partial charge in [-0.2, -0.15) is 0 Å². The zero-order valence-corrected chi connectivity index (χ0v) is 9.76. The molecule has 1 aromatic carbocycles. The SMILES string of the molecule is CCC(CC)N[C@@H](C)c1ccc(F)cc1. The third kappa shape index (κ3) is 3.63. The molecule has 0 aliphatic heterocycles. The van der Waals surface area contributed by atoms with Gasteiger partial charge in [0.25, 0.3) is 0 Å². The van der Waals surface area contributed by atoms with Crippen LogP contribution < -0.4 is 5.32 Å². The van der Waals surface area contributed by atoms with E-state index in [1.54, 1.807) is 0 Å². The van der Waals surface area contributed by atoms with E-state index in [1.165, 1.54) is 12.1 Å². The molecule has 1 aromatic rings. The topological polar surface area (TPSA) is 12.0 Å². The van der Waals surface area contributed by atoms with Crippen molar-refractivity contribution in [3.05, 3.63) is 35.6 Å². The molecule has 0 aliphatic rings. The number of rotatable bonds is 5. The molecule has 2 heteroatoms. The Morgan fingerprint density at radius 1 is 1.13 bits per heavy atom. The van der Waals surface area contributed by atoms with Crippen LogP contribution in [0.3, 0.4) is 0 Å². The molecule has 0 amide bonds. The summed E-state index contributed by atoms with van der Waals surface area (Å²) in [6.45, 7) is 6.47. The van der Waals surface area contributed by atoms with Gasteiger partial charge in [-0.3, -0.25) is 0 Å². The summed E-state index contributed by atoms with van der Waals surface area (Å²) in [5, 5.41) is 3.53. The van der Waals surface area contributed by atoms with Crippen LogP contribution >= 0.6 is 0 Å². The Labute approximate surface area is 91.7 Å². The van der Waals surface area contributed by atoms with Crippen LogP contribution in [0.5, 0.6) is 0 Å². The highest BCUT2D eigenvalue weighted by Crippen LogP contribution is 2.14. The predicted octanol–water partition coefficient (Wildman–Crippen LogP) is 3.66. The minimum absolute atomic E-state index is 0.173. The maximum Gasteiger partial charge on any atom is 0.123 e. The van der Waals surface area contributed by atoms with Crippen LogP contribution in [0.15, 0.2) is 24.3 Å². The van der Waals surface area contributed by atoms with Gasteiger partial charge in [-0.15, -0.1) is 0 Å². The van der Waals surface area contributed by atoms with E-state index in [0.717, 1.165) is 18.4 Å². The number of halogens is 1. The summed E-state index contributed by atoms with van der Waals surface area (Å²) >= 11 is 0. The van der Waals surface area contributed by atoms with Crippen molar-refractivity contribution in [2.75, 3.05) is 0 Å². The van der Waals surface area contributed by atoms with Gasteiger partial charge in [0.2, 0.25) is 0 Å². The van der Waals surface area contributed by atoms with E-state index < -0.39 is 0 Å². The lowest BCUT2D eigenvalue weighted by Crippen LogP contribution is -2.30. The minimum Gasteiger partial charge on any atom is -0.307 e. The third-order valence-electron chi connectivity index (χ3n) is 2.84. The first kappa shape index (κ1) is 12.2. The summed E-state index contributed by atoms with van der Waals surface area (Å²) in [7, 11) is 0. The van der Waals surface area contributed by atoms with E-state index >= 15 is 0 Å². The monoisotopic (exact) mass is 209 g/mol. The van der Waals surface area contributed by atoms with Gasteiger partial charge in [-0.1, -0.05) is 26.0 Å². The molecule has 0 spiro atoms. The second-order valence-corrected chi connectivity index (χ2v) is 3.95. The molecule has 1 N–H and O–H groups in total. The molecule has 0 radical (unpaired) electrons. The number of hydrogen-bond donors (Lipinski definition) is 1. The van der Waals surface area contributed by atoms with Crippen molar-refractivity contribution in [1.29, 1.82) is 0 Å². The molecule has 1 atom stereocenters. The molecule has 0 bridgehead atoms. The standard InChI is InChI=1S/C13H20FN/c1-4-13(5-2)15-10(3)11-6-8-12(14)9-7-11/h6-10,13,15H,4-5H2,1-3H3/t10-/m0/s1. The van der Waals surface area contributed by atoms with E-state index in [1.807, 2.05) is 12.1 Å². The Hall–Kier alpha value is -0.890. The van der Waals surface area contributed by atoms with Crippen molar-refractivity contribution in [2.45, 2.75) is 45.7 Å². The quantitative estimate of drug-likeness (QED) is 0.780. The summed E-state index contributed by atoms with van der Waals surface area (Å²) in [6.07, 6.45) is 2.25. The van der Waals surface area contributed by atoms with Crippen LogP contribution in [0.1, 0.15) is 45.2 Å². The second-order valence-electron chi connectivity index (χ2n) is 3.95. The largest absolute Gasteiger partial charge is 0.307 e. The van der Waals surface area contributed by atoms with E-state index in [0.29, 0.717) is 6.04 Å². The van der Waals surface area contributed by atoms with Crippen molar-refractivity contribution in [3.63, 3.8) is 0 Å². The van der Waals surface area contributed by atoms with E-state index in [-0.39, 0.29) is 11.9 Å². The fourth-order valence-corrected chi connectivity index (χ4v) is 1.73. The minimum atomic E-state index is -0.173. The molecule has 84 valence electrons. The summed E-state index contributed by atoms with van der Waals surface area (Å²) in [5.41, 5.74) is 1.14. The van der Waals surface area contributed by atoms with E-state index in [4.69, 9.17) is 0 Å². The molecule has 0 saturated heterocycles. The molecular formula is C13H20FN. The van der Waals surface area contributed by atoms with Crippen LogP contribution in [0.25, 0.3) is 0 Å². The third-order valence-corrected chi connectivity index (χ3v) is 2.84. The van der Waals surface area contributed by atoms with Crippen LogP contribution in [-0.4, -0.2) is 6.04 Å². The lowest BCUT2D eigenvalue weighted by atomic mass is 10.1. The molecule has 0 unspecified atom stereocenters. The molecule has 0 heterocycles. The lowest BCUT2D eigenvalue weighted by molar-refractivity contribution is 0.432. The first-order chi connectivity index (χ1) is 7.17. The first-order valence-electron chi connectivity index (χ1n) is 5.68. The number of hydrogen-bond acceptors (Lipinski definition) is 1. The maximum atomic E-state index is 12.7. The van der Waals surface area contributed by atoms with Gasteiger partial charge < -0.3 is 5.32 Å². The lowest BCUT2D eigenvalue weighted by Gasteiger charge is -2.21. The average Bonchev–Trinajstić information content (AvgIpc) is 2.26. The molecule has 0 saturated carbocycles. The maximum absolute atomic E-state index is 12.7. The van der Waals surface area contributed by atoms with Crippen LogP contribution in [0, 0.1) is 5.82 Å². The Bertz CT molecular complexity index is 277. The molecule has 1 rings (SSSR count). The summed E-state index contributed by atoms with van der Waals surface area (Å²) in [4.78, 5) is 0. The van der Waals surface area contributed by atoms with Crippen LogP contribution in [-0.2, 0) is 0 Å². The highest BCUT2D eigenvalue weighted by atomic mass is 19.1. The normalized spacial score (nSPS) is 13.1. The smallest absolute Gasteiger partial charge is 0.123 e. The van der Waals surface area contributed by atoms with Gasteiger partial charge in [-0.05, 0) is 37.5 Å². The fraction of sp³-hybridized carbons (Fsp3) is 0.538. The molecule has 0 fully saturated rings. The van der Waals surface area contributed by atoms with Gasteiger partial charge >= 0.3 is 0 Å². The van der Waals surface area contributed by atoms with Crippen molar-refractivity contribution < 1.29 is 4.39 Å². The molecule has 15 heavy (non-hydrogen) atoms. The predicted molar refractivity (Wildman–Crippen MR) is 62.3 cm³/mol. The second kappa shape index (κ2) is 5.86. The Balaban J connectivity index is 2.60. The van der Waals surface area contributed by atoms with Gasteiger partial charge in [-0.25, -0.2) is 4.39 Å². The summed E-state index contributed by atoms with van der Waals surface area (Å²) in [6, 6.07) is 7.55. The molecule has 1 nitrogen and oxygen atoms in total. The zero-order chi connectivity index (χ0) is 11.3. The van der Waals surface area contributed by atoms with Gasteiger partial charge in [0.1, 0.15) is 5.82 Å². The number of nitrogens with one attached hydrogen (secondary N) is 1. The van der Waals surface area contributed by atoms with Gasteiger partial charge in [0, 0.05) is 12.1 Å². The van der Waals surface area contributed by atoms with Crippen molar-refractivity contribution in [3.8, 4) is 0 Å². The fourth-order valence-electron chi connectivity index (χ4n) is 1.73. The highest BCUT2D eigenvalue weighted by Gasteiger charge is 2.09. The average molecular weight is 209 g/mol.